The number of halogens is 1. The quantitative estimate of drug-likeness (QED) is 0.839. The van der Waals surface area contributed by atoms with Gasteiger partial charge in [0.2, 0.25) is 0 Å². The third-order valence-corrected chi connectivity index (χ3v) is 3.22. The Balaban J connectivity index is 2.72. The van der Waals surface area contributed by atoms with Gasteiger partial charge in [0.25, 0.3) is 0 Å². The number of hydrogen-bond acceptors (Lipinski definition) is 2. The first-order valence-electron chi connectivity index (χ1n) is 6.27. The minimum absolute atomic E-state index is 0.191. The highest BCUT2D eigenvalue weighted by atomic mass is 35.5. The van der Waals surface area contributed by atoms with E-state index in [4.69, 9.17) is 22.1 Å². The normalized spacial score (nSPS) is 14.4. The summed E-state index contributed by atoms with van der Waals surface area (Å²) in [6, 6.07) is 6.13. The lowest BCUT2D eigenvalue weighted by Gasteiger charge is -2.15. The van der Waals surface area contributed by atoms with Gasteiger partial charge in [-0.15, -0.1) is 0 Å². The van der Waals surface area contributed by atoms with E-state index in [1.807, 2.05) is 25.1 Å². The van der Waals surface area contributed by atoms with Crippen LogP contribution in [-0.2, 0) is 6.42 Å². The molecule has 0 fully saturated rings. The van der Waals surface area contributed by atoms with E-state index in [0.717, 1.165) is 25.0 Å². The summed E-state index contributed by atoms with van der Waals surface area (Å²) in [6.45, 7) is 6.22. The molecule has 0 aliphatic heterocycles. The molecule has 2 nitrogen and oxygen atoms in total. The number of rotatable bonds is 6. The van der Waals surface area contributed by atoms with Crippen molar-refractivity contribution in [1.82, 2.24) is 0 Å². The zero-order valence-corrected chi connectivity index (χ0v) is 11.6. The third-order valence-electron chi connectivity index (χ3n) is 2.92. The Labute approximate surface area is 109 Å². The lowest BCUT2D eigenvalue weighted by molar-refractivity contribution is 0.217. The van der Waals surface area contributed by atoms with Gasteiger partial charge in [-0.05, 0) is 43.9 Å². The molecule has 17 heavy (non-hydrogen) atoms. The first-order valence-corrected chi connectivity index (χ1v) is 6.65. The molecule has 0 aromatic heterocycles. The van der Waals surface area contributed by atoms with Crippen LogP contribution in [0.5, 0.6) is 5.75 Å². The molecule has 0 aliphatic rings. The highest BCUT2D eigenvalue weighted by Crippen LogP contribution is 2.27. The molecule has 0 saturated carbocycles. The zero-order chi connectivity index (χ0) is 12.8. The van der Waals surface area contributed by atoms with Crippen LogP contribution < -0.4 is 10.5 Å². The first-order chi connectivity index (χ1) is 8.06. The van der Waals surface area contributed by atoms with Gasteiger partial charge in [0.15, 0.2) is 0 Å². The van der Waals surface area contributed by atoms with Crippen molar-refractivity contribution in [3.05, 3.63) is 28.8 Å². The molecule has 96 valence electrons. The Morgan fingerprint density at radius 1 is 1.29 bits per heavy atom. The summed E-state index contributed by atoms with van der Waals surface area (Å²) in [5, 5.41) is 0.672. The standard InChI is InChI=1S/C14H22ClNO/c1-4-10(3)17-14-7-6-11(9-13(14)15)8-12(16)5-2/h6-7,9-10,12H,4-5,8,16H2,1-3H3. The largest absolute Gasteiger partial charge is 0.489 e. The fourth-order valence-electron chi connectivity index (χ4n) is 1.51. The first kappa shape index (κ1) is 14.3. The van der Waals surface area contributed by atoms with Gasteiger partial charge in [0, 0.05) is 6.04 Å². The van der Waals surface area contributed by atoms with Crippen molar-refractivity contribution >= 4 is 11.6 Å². The van der Waals surface area contributed by atoms with E-state index in [-0.39, 0.29) is 12.1 Å². The molecule has 0 saturated heterocycles. The SMILES string of the molecule is CCC(N)Cc1ccc(OC(C)CC)c(Cl)c1. The summed E-state index contributed by atoms with van der Waals surface area (Å²) >= 11 is 6.19. The predicted molar refractivity (Wildman–Crippen MR) is 73.8 cm³/mol. The van der Waals surface area contributed by atoms with Crippen LogP contribution in [0.2, 0.25) is 5.02 Å². The predicted octanol–water partition coefficient (Wildman–Crippen LogP) is 3.80. The molecular formula is C14H22ClNO. The molecule has 2 N–H and O–H groups in total. The van der Waals surface area contributed by atoms with Gasteiger partial charge in [0.1, 0.15) is 5.75 Å². The highest BCUT2D eigenvalue weighted by molar-refractivity contribution is 6.32. The molecule has 1 aromatic rings. The molecule has 2 unspecified atom stereocenters. The molecule has 0 amide bonds. The van der Waals surface area contributed by atoms with Crippen LogP contribution in [0.15, 0.2) is 18.2 Å². The second-order valence-corrected chi connectivity index (χ2v) is 4.88. The van der Waals surface area contributed by atoms with Gasteiger partial charge < -0.3 is 10.5 Å². The van der Waals surface area contributed by atoms with Gasteiger partial charge in [-0.2, -0.15) is 0 Å². The van der Waals surface area contributed by atoms with E-state index in [1.54, 1.807) is 0 Å². The van der Waals surface area contributed by atoms with Crippen molar-refractivity contribution < 1.29 is 4.74 Å². The van der Waals surface area contributed by atoms with Crippen molar-refractivity contribution in [2.45, 2.75) is 52.2 Å². The average molecular weight is 256 g/mol. The topological polar surface area (TPSA) is 35.2 Å². The molecule has 0 spiro atoms. The number of benzene rings is 1. The van der Waals surface area contributed by atoms with Crippen molar-refractivity contribution in [2.24, 2.45) is 5.73 Å². The summed E-state index contributed by atoms with van der Waals surface area (Å²) in [4.78, 5) is 0. The molecular weight excluding hydrogens is 234 g/mol. The monoisotopic (exact) mass is 255 g/mol. The van der Waals surface area contributed by atoms with Crippen LogP contribution in [-0.4, -0.2) is 12.1 Å². The van der Waals surface area contributed by atoms with Gasteiger partial charge in [-0.3, -0.25) is 0 Å². The number of hydrogen-bond donors (Lipinski definition) is 1. The summed E-state index contributed by atoms with van der Waals surface area (Å²) in [5.74, 6) is 0.759. The summed E-state index contributed by atoms with van der Waals surface area (Å²) in [6.07, 6.45) is 3.00. The third kappa shape index (κ3) is 4.57. The van der Waals surface area contributed by atoms with Gasteiger partial charge in [0.05, 0.1) is 11.1 Å². The smallest absolute Gasteiger partial charge is 0.138 e. The lowest BCUT2D eigenvalue weighted by atomic mass is 10.0. The van der Waals surface area contributed by atoms with E-state index in [9.17, 15) is 0 Å². The van der Waals surface area contributed by atoms with Gasteiger partial charge >= 0.3 is 0 Å². The van der Waals surface area contributed by atoms with Gasteiger partial charge in [-0.25, -0.2) is 0 Å². The van der Waals surface area contributed by atoms with Crippen LogP contribution in [0.4, 0.5) is 0 Å². The van der Waals surface area contributed by atoms with Crippen LogP contribution in [0.1, 0.15) is 39.2 Å². The average Bonchev–Trinajstić information content (AvgIpc) is 2.32. The molecule has 0 bridgehead atoms. The van der Waals surface area contributed by atoms with Crippen molar-refractivity contribution in [2.75, 3.05) is 0 Å². The minimum Gasteiger partial charge on any atom is -0.489 e. The van der Waals surface area contributed by atoms with E-state index in [0.29, 0.717) is 5.02 Å². The summed E-state index contributed by atoms with van der Waals surface area (Å²) < 4.78 is 5.72. The van der Waals surface area contributed by atoms with Crippen molar-refractivity contribution in [3.8, 4) is 5.75 Å². The summed E-state index contributed by atoms with van der Waals surface area (Å²) in [7, 11) is 0. The lowest BCUT2D eigenvalue weighted by Crippen LogP contribution is -2.21. The minimum atomic E-state index is 0.191. The second kappa shape index (κ2) is 6.87. The van der Waals surface area contributed by atoms with Crippen molar-refractivity contribution in [1.29, 1.82) is 0 Å². The maximum atomic E-state index is 6.19. The molecule has 1 rings (SSSR count). The van der Waals surface area contributed by atoms with E-state index in [1.165, 1.54) is 5.56 Å². The number of ether oxygens (including phenoxy) is 1. The summed E-state index contributed by atoms with van der Waals surface area (Å²) in [5.41, 5.74) is 7.09. The molecule has 3 heteroatoms. The maximum Gasteiger partial charge on any atom is 0.138 e. The number of nitrogens with two attached hydrogens (primary N) is 1. The molecule has 0 aliphatic carbocycles. The Hall–Kier alpha value is -0.730. The fourth-order valence-corrected chi connectivity index (χ4v) is 1.76. The Kier molecular flexibility index (Phi) is 5.79. The highest BCUT2D eigenvalue weighted by Gasteiger charge is 2.08. The van der Waals surface area contributed by atoms with E-state index < -0.39 is 0 Å². The van der Waals surface area contributed by atoms with Gasteiger partial charge in [-0.1, -0.05) is 31.5 Å². The second-order valence-electron chi connectivity index (χ2n) is 4.47. The Morgan fingerprint density at radius 2 is 2.00 bits per heavy atom. The Bertz CT molecular complexity index is 354. The van der Waals surface area contributed by atoms with E-state index >= 15 is 0 Å². The molecule has 0 heterocycles. The van der Waals surface area contributed by atoms with Crippen LogP contribution >= 0.6 is 11.6 Å². The zero-order valence-electron chi connectivity index (χ0n) is 10.9. The van der Waals surface area contributed by atoms with Crippen LogP contribution in [0.3, 0.4) is 0 Å². The van der Waals surface area contributed by atoms with Crippen LogP contribution in [0.25, 0.3) is 0 Å². The van der Waals surface area contributed by atoms with Crippen LogP contribution in [0, 0.1) is 0 Å². The molecule has 2 atom stereocenters. The molecule has 0 radical (unpaired) electrons. The van der Waals surface area contributed by atoms with Crippen molar-refractivity contribution in [3.63, 3.8) is 0 Å². The molecule has 1 aromatic carbocycles. The maximum absolute atomic E-state index is 6.19. The van der Waals surface area contributed by atoms with E-state index in [2.05, 4.69) is 13.8 Å². The fraction of sp³-hybridized carbons (Fsp3) is 0.571. The Morgan fingerprint density at radius 3 is 2.53 bits per heavy atom.